The molecule has 1 fully saturated rings. The number of nitrogens with zero attached hydrogens (tertiary/aromatic N) is 5. The Labute approximate surface area is 146 Å². The maximum atomic E-state index is 12.2. The highest BCUT2D eigenvalue weighted by Crippen LogP contribution is 2.29. The summed E-state index contributed by atoms with van der Waals surface area (Å²) in [6.45, 7) is 4.05. The fraction of sp³-hybridized carbons (Fsp3) is 0.438. The quantitative estimate of drug-likeness (QED) is 0.806. The van der Waals surface area contributed by atoms with Crippen LogP contribution in [0.2, 0.25) is 0 Å². The number of rotatable bonds is 3. The number of hydrogen-bond donors (Lipinski definition) is 0. The van der Waals surface area contributed by atoms with Crippen LogP contribution in [0.25, 0.3) is 0 Å². The average Bonchev–Trinajstić information content (AvgIpc) is 3.27. The number of aromatic nitrogens is 2. The van der Waals surface area contributed by atoms with Crippen molar-refractivity contribution in [3.63, 3.8) is 0 Å². The number of hydrogen-bond acceptors (Lipinski definition) is 7. The van der Waals surface area contributed by atoms with Gasteiger partial charge >= 0.3 is 0 Å². The Bertz CT molecular complexity index is 937. The lowest BCUT2D eigenvalue weighted by Crippen LogP contribution is -2.38. The molecule has 1 aromatic heterocycles. The Kier molecular flexibility index (Phi) is 3.84. The van der Waals surface area contributed by atoms with Crippen molar-refractivity contribution in [2.24, 2.45) is 4.40 Å². The molecule has 2 aliphatic heterocycles. The number of benzene rings is 1. The highest BCUT2D eigenvalue weighted by atomic mass is 32.2. The summed E-state index contributed by atoms with van der Waals surface area (Å²) < 4.78 is 33.9. The number of amidine groups is 1. The van der Waals surface area contributed by atoms with E-state index in [0.29, 0.717) is 29.7 Å². The van der Waals surface area contributed by atoms with Crippen LogP contribution >= 0.6 is 0 Å². The maximum absolute atomic E-state index is 12.2. The second-order valence-electron chi connectivity index (χ2n) is 6.39. The van der Waals surface area contributed by atoms with Crippen LogP contribution in [0.15, 0.2) is 38.0 Å². The first-order valence-corrected chi connectivity index (χ1v) is 9.56. The summed E-state index contributed by atoms with van der Waals surface area (Å²) in [5, 5.41) is 7.88. The molecule has 1 atom stereocenters. The standard InChI is InChI=1S/C16H19N5O3S/c1-11-17-18-15(24-11)10-21-8-7-12(9-21)20(2)16-13-5-3-4-6-14(13)25(22,23)19-16/h3-6,12H,7-10H2,1-2H3. The Hall–Kier alpha value is -2.26. The van der Waals surface area contributed by atoms with Gasteiger partial charge in [0.25, 0.3) is 10.0 Å². The molecule has 2 aromatic rings. The van der Waals surface area contributed by atoms with E-state index in [0.717, 1.165) is 19.5 Å². The van der Waals surface area contributed by atoms with Gasteiger partial charge in [-0.3, -0.25) is 4.90 Å². The van der Waals surface area contributed by atoms with Crippen LogP contribution < -0.4 is 0 Å². The van der Waals surface area contributed by atoms with Crippen molar-refractivity contribution in [2.75, 3.05) is 20.1 Å². The minimum Gasteiger partial charge on any atom is -0.424 e. The molecule has 0 spiro atoms. The molecule has 25 heavy (non-hydrogen) atoms. The molecule has 3 heterocycles. The summed E-state index contributed by atoms with van der Waals surface area (Å²) in [5.74, 6) is 1.69. The van der Waals surface area contributed by atoms with Crippen molar-refractivity contribution < 1.29 is 12.8 Å². The normalized spacial score (nSPS) is 22.0. The average molecular weight is 361 g/mol. The van der Waals surface area contributed by atoms with Gasteiger partial charge in [-0.1, -0.05) is 12.1 Å². The summed E-state index contributed by atoms with van der Waals surface area (Å²) in [6.07, 6.45) is 0.921. The van der Waals surface area contributed by atoms with Gasteiger partial charge in [-0.15, -0.1) is 14.6 Å². The van der Waals surface area contributed by atoms with Gasteiger partial charge in [0.15, 0.2) is 5.84 Å². The van der Waals surface area contributed by atoms with Gasteiger partial charge in [0.1, 0.15) is 4.90 Å². The number of likely N-dealkylation sites (tertiary alicyclic amines) is 1. The summed E-state index contributed by atoms with van der Waals surface area (Å²) in [7, 11) is -1.68. The number of aryl methyl sites for hydroxylation is 1. The molecule has 1 aromatic carbocycles. The first-order chi connectivity index (χ1) is 11.9. The van der Waals surface area contributed by atoms with Crippen molar-refractivity contribution in [1.82, 2.24) is 20.0 Å². The Morgan fingerprint density at radius 2 is 2.12 bits per heavy atom. The number of fused-ring (bicyclic) bond motifs is 1. The predicted molar refractivity (Wildman–Crippen MR) is 90.6 cm³/mol. The first kappa shape index (κ1) is 16.2. The van der Waals surface area contributed by atoms with E-state index in [1.807, 2.05) is 24.1 Å². The lowest BCUT2D eigenvalue weighted by molar-refractivity contribution is 0.266. The number of sulfonamides is 1. The monoisotopic (exact) mass is 361 g/mol. The van der Waals surface area contributed by atoms with Gasteiger partial charge in [-0.25, -0.2) is 0 Å². The molecule has 2 aliphatic rings. The molecule has 1 unspecified atom stereocenters. The van der Waals surface area contributed by atoms with Crippen LogP contribution in [-0.2, 0) is 16.6 Å². The van der Waals surface area contributed by atoms with Crippen molar-refractivity contribution in [3.05, 3.63) is 41.6 Å². The van der Waals surface area contributed by atoms with Crippen molar-refractivity contribution in [3.8, 4) is 0 Å². The zero-order valence-corrected chi connectivity index (χ0v) is 14.9. The minimum atomic E-state index is -3.59. The Morgan fingerprint density at radius 1 is 1.32 bits per heavy atom. The topological polar surface area (TPSA) is 91.9 Å². The molecule has 0 aliphatic carbocycles. The van der Waals surface area contributed by atoms with Crippen LogP contribution in [0.4, 0.5) is 0 Å². The lowest BCUT2D eigenvalue weighted by Gasteiger charge is -2.26. The molecule has 0 N–H and O–H groups in total. The molecular formula is C16H19N5O3S. The van der Waals surface area contributed by atoms with E-state index in [1.54, 1.807) is 19.1 Å². The molecule has 4 rings (SSSR count). The van der Waals surface area contributed by atoms with E-state index in [4.69, 9.17) is 4.42 Å². The summed E-state index contributed by atoms with van der Waals surface area (Å²) in [4.78, 5) is 4.49. The fourth-order valence-corrected chi connectivity index (χ4v) is 4.62. The zero-order valence-electron chi connectivity index (χ0n) is 14.1. The van der Waals surface area contributed by atoms with Crippen LogP contribution in [-0.4, -0.2) is 60.4 Å². The van der Waals surface area contributed by atoms with E-state index in [1.165, 1.54) is 0 Å². The van der Waals surface area contributed by atoms with E-state index in [2.05, 4.69) is 19.5 Å². The van der Waals surface area contributed by atoms with E-state index >= 15 is 0 Å². The smallest absolute Gasteiger partial charge is 0.285 e. The molecule has 0 amide bonds. The van der Waals surface area contributed by atoms with Gasteiger partial charge < -0.3 is 9.32 Å². The number of likely N-dealkylation sites (N-methyl/N-ethyl adjacent to an activating group) is 1. The van der Waals surface area contributed by atoms with Gasteiger partial charge in [0, 0.05) is 38.7 Å². The first-order valence-electron chi connectivity index (χ1n) is 8.12. The van der Waals surface area contributed by atoms with E-state index < -0.39 is 10.0 Å². The molecule has 0 radical (unpaired) electrons. The van der Waals surface area contributed by atoms with Crippen LogP contribution in [0, 0.1) is 6.92 Å². The van der Waals surface area contributed by atoms with Gasteiger partial charge in [-0.05, 0) is 18.6 Å². The molecular weight excluding hydrogens is 342 g/mol. The maximum Gasteiger partial charge on any atom is 0.285 e. The Balaban J connectivity index is 1.50. The summed E-state index contributed by atoms with van der Waals surface area (Å²) in [5.41, 5.74) is 0.677. The molecule has 9 heteroatoms. The third kappa shape index (κ3) is 2.93. The molecule has 8 nitrogen and oxygen atoms in total. The third-order valence-electron chi connectivity index (χ3n) is 4.67. The highest BCUT2D eigenvalue weighted by Gasteiger charge is 2.35. The van der Waals surface area contributed by atoms with E-state index in [-0.39, 0.29) is 10.9 Å². The van der Waals surface area contributed by atoms with Gasteiger partial charge in [-0.2, -0.15) is 8.42 Å². The SMILES string of the molecule is Cc1nnc(CN2CCC(N(C)C3=NS(=O)(=O)c4ccccc43)C2)o1. The van der Waals surface area contributed by atoms with E-state index in [9.17, 15) is 8.42 Å². The molecule has 132 valence electrons. The predicted octanol–water partition coefficient (Wildman–Crippen LogP) is 1.03. The van der Waals surface area contributed by atoms with Crippen molar-refractivity contribution >= 4 is 15.9 Å². The van der Waals surface area contributed by atoms with Gasteiger partial charge in [0.2, 0.25) is 11.8 Å². The minimum absolute atomic E-state index is 0.184. The fourth-order valence-electron chi connectivity index (χ4n) is 3.38. The molecule has 1 saturated heterocycles. The molecule has 0 bridgehead atoms. The van der Waals surface area contributed by atoms with Crippen LogP contribution in [0.3, 0.4) is 0 Å². The second kappa shape index (κ2) is 5.92. The largest absolute Gasteiger partial charge is 0.424 e. The van der Waals surface area contributed by atoms with Crippen LogP contribution in [0.1, 0.15) is 23.8 Å². The van der Waals surface area contributed by atoms with Crippen LogP contribution in [0.5, 0.6) is 0 Å². The van der Waals surface area contributed by atoms with Gasteiger partial charge in [0.05, 0.1) is 6.54 Å². The zero-order chi connectivity index (χ0) is 17.6. The highest BCUT2D eigenvalue weighted by molar-refractivity contribution is 7.90. The second-order valence-corrected chi connectivity index (χ2v) is 7.96. The van der Waals surface area contributed by atoms with Crippen molar-refractivity contribution in [1.29, 1.82) is 0 Å². The third-order valence-corrected chi connectivity index (χ3v) is 5.99. The molecule has 0 saturated carbocycles. The van der Waals surface area contributed by atoms with Crippen molar-refractivity contribution in [2.45, 2.75) is 30.8 Å². The summed E-state index contributed by atoms with van der Waals surface area (Å²) >= 11 is 0. The Morgan fingerprint density at radius 3 is 2.88 bits per heavy atom. The summed E-state index contributed by atoms with van der Waals surface area (Å²) in [6, 6.07) is 7.15. The lowest BCUT2D eigenvalue weighted by atomic mass is 10.1.